The quantitative estimate of drug-likeness (QED) is 0.644. The molecule has 108 valence electrons. The van der Waals surface area contributed by atoms with Crippen LogP contribution in [0.2, 0.25) is 0 Å². The predicted molar refractivity (Wildman–Crippen MR) is 78.3 cm³/mol. The van der Waals surface area contributed by atoms with E-state index >= 15 is 0 Å². The standard InChI is InChI=1S/C14H20N4O2/c1-8(2)12(13(15)19)18-14(20)11-7-16-9-5-3-4-6-10(9)17-11/h3-6,8,11-12,16-17H,7H2,1-2H3,(H2,15,19)(H,18,20). The molecular formula is C14H20N4O2. The van der Waals surface area contributed by atoms with Crippen LogP contribution in [0.25, 0.3) is 0 Å². The minimum Gasteiger partial charge on any atom is -0.381 e. The van der Waals surface area contributed by atoms with Crippen LogP contribution in [0.3, 0.4) is 0 Å². The number of carbonyl (C=O) groups is 2. The number of amides is 2. The molecular weight excluding hydrogens is 256 g/mol. The molecule has 0 spiro atoms. The summed E-state index contributed by atoms with van der Waals surface area (Å²) in [5.74, 6) is -0.790. The largest absolute Gasteiger partial charge is 0.381 e. The summed E-state index contributed by atoms with van der Waals surface area (Å²) in [4.78, 5) is 23.5. The van der Waals surface area contributed by atoms with Crippen molar-refractivity contribution in [1.82, 2.24) is 5.32 Å². The molecule has 0 saturated heterocycles. The Morgan fingerprint density at radius 1 is 1.30 bits per heavy atom. The van der Waals surface area contributed by atoms with Crippen molar-refractivity contribution < 1.29 is 9.59 Å². The molecule has 1 aliphatic rings. The van der Waals surface area contributed by atoms with Crippen LogP contribution in [0.1, 0.15) is 13.8 Å². The molecule has 2 rings (SSSR count). The maximum Gasteiger partial charge on any atom is 0.244 e. The second-order valence-corrected chi connectivity index (χ2v) is 5.26. The minimum atomic E-state index is -0.651. The van der Waals surface area contributed by atoms with Gasteiger partial charge in [0.15, 0.2) is 0 Å². The van der Waals surface area contributed by atoms with E-state index < -0.39 is 18.0 Å². The number of primary amides is 1. The number of nitrogens with two attached hydrogens (primary N) is 1. The Hall–Kier alpha value is -2.24. The van der Waals surface area contributed by atoms with Crippen molar-refractivity contribution in [1.29, 1.82) is 0 Å². The maximum atomic E-state index is 12.2. The summed E-state index contributed by atoms with van der Waals surface area (Å²) in [6.45, 7) is 4.15. The second-order valence-electron chi connectivity index (χ2n) is 5.26. The second kappa shape index (κ2) is 5.81. The maximum absolute atomic E-state index is 12.2. The molecule has 6 nitrogen and oxygen atoms in total. The molecule has 2 atom stereocenters. The van der Waals surface area contributed by atoms with Crippen molar-refractivity contribution in [2.75, 3.05) is 17.2 Å². The summed E-state index contributed by atoms with van der Waals surface area (Å²) in [6.07, 6.45) is 0. The van der Waals surface area contributed by atoms with Crippen LogP contribution < -0.4 is 21.7 Å². The van der Waals surface area contributed by atoms with Gasteiger partial charge in [0.2, 0.25) is 11.8 Å². The first kappa shape index (κ1) is 14.2. The van der Waals surface area contributed by atoms with Gasteiger partial charge in [-0.1, -0.05) is 26.0 Å². The molecule has 1 aromatic rings. The first-order chi connectivity index (χ1) is 9.49. The summed E-state index contributed by atoms with van der Waals surface area (Å²) >= 11 is 0. The average molecular weight is 276 g/mol. The number of hydrogen-bond donors (Lipinski definition) is 4. The Kier molecular flexibility index (Phi) is 4.12. The molecule has 6 heteroatoms. The van der Waals surface area contributed by atoms with Gasteiger partial charge in [-0.2, -0.15) is 0 Å². The van der Waals surface area contributed by atoms with Crippen molar-refractivity contribution in [3.05, 3.63) is 24.3 Å². The molecule has 0 fully saturated rings. The lowest BCUT2D eigenvalue weighted by Gasteiger charge is -2.29. The number of benzene rings is 1. The van der Waals surface area contributed by atoms with E-state index in [2.05, 4.69) is 16.0 Å². The number of anilines is 2. The van der Waals surface area contributed by atoms with Crippen LogP contribution in [0.4, 0.5) is 11.4 Å². The molecule has 1 heterocycles. The Balaban J connectivity index is 2.03. The third-order valence-corrected chi connectivity index (χ3v) is 3.34. The summed E-state index contributed by atoms with van der Waals surface area (Å²) in [6, 6.07) is 6.59. The van der Waals surface area contributed by atoms with E-state index in [-0.39, 0.29) is 11.8 Å². The summed E-state index contributed by atoms with van der Waals surface area (Å²) in [5, 5.41) is 9.04. The highest BCUT2D eigenvalue weighted by Gasteiger charge is 2.28. The van der Waals surface area contributed by atoms with Gasteiger partial charge in [-0.25, -0.2) is 0 Å². The van der Waals surface area contributed by atoms with E-state index in [1.54, 1.807) is 0 Å². The lowest BCUT2D eigenvalue weighted by molar-refractivity contribution is -0.128. The third kappa shape index (κ3) is 3.01. The topological polar surface area (TPSA) is 96.2 Å². The van der Waals surface area contributed by atoms with Gasteiger partial charge in [-0.05, 0) is 18.1 Å². The van der Waals surface area contributed by atoms with Crippen molar-refractivity contribution in [2.45, 2.75) is 25.9 Å². The Morgan fingerprint density at radius 3 is 2.55 bits per heavy atom. The van der Waals surface area contributed by atoms with E-state index in [0.717, 1.165) is 11.4 Å². The first-order valence-electron chi connectivity index (χ1n) is 6.68. The summed E-state index contributed by atoms with van der Waals surface area (Å²) < 4.78 is 0. The van der Waals surface area contributed by atoms with Gasteiger partial charge in [0.25, 0.3) is 0 Å². The molecule has 5 N–H and O–H groups in total. The van der Waals surface area contributed by atoms with Crippen LogP contribution >= 0.6 is 0 Å². The van der Waals surface area contributed by atoms with Crippen LogP contribution in [0, 0.1) is 5.92 Å². The SMILES string of the molecule is CC(C)C(NC(=O)C1CNc2ccccc2N1)C(N)=O. The molecule has 2 unspecified atom stereocenters. The predicted octanol–water partition coefficient (Wildman–Crippen LogP) is 0.519. The number of carbonyl (C=O) groups excluding carboxylic acids is 2. The van der Waals surface area contributed by atoms with Crippen LogP contribution in [-0.2, 0) is 9.59 Å². The van der Waals surface area contributed by atoms with E-state index in [1.165, 1.54) is 0 Å². The molecule has 0 bridgehead atoms. The molecule has 20 heavy (non-hydrogen) atoms. The van der Waals surface area contributed by atoms with Crippen molar-refractivity contribution in [2.24, 2.45) is 11.7 Å². The van der Waals surface area contributed by atoms with Gasteiger partial charge in [-0.3, -0.25) is 9.59 Å². The number of hydrogen-bond acceptors (Lipinski definition) is 4. The van der Waals surface area contributed by atoms with Gasteiger partial charge in [0.1, 0.15) is 12.1 Å². The van der Waals surface area contributed by atoms with Crippen molar-refractivity contribution in [3.8, 4) is 0 Å². The zero-order valence-electron chi connectivity index (χ0n) is 11.6. The van der Waals surface area contributed by atoms with E-state index in [1.807, 2.05) is 38.1 Å². The van der Waals surface area contributed by atoms with Crippen molar-refractivity contribution in [3.63, 3.8) is 0 Å². The lowest BCUT2D eigenvalue weighted by atomic mass is 10.0. The Morgan fingerprint density at radius 2 is 1.95 bits per heavy atom. The molecule has 0 radical (unpaired) electrons. The van der Waals surface area contributed by atoms with E-state index in [4.69, 9.17) is 5.73 Å². The molecule has 0 aromatic heterocycles. The van der Waals surface area contributed by atoms with Crippen molar-refractivity contribution >= 4 is 23.2 Å². The Labute approximate surface area is 118 Å². The third-order valence-electron chi connectivity index (χ3n) is 3.34. The zero-order chi connectivity index (χ0) is 14.7. The highest BCUT2D eigenvalue weighted by Crippen LogP contribution is 2.25. The summed E-state index contributed by atoms with van der Waals surface area (Å²) in [7, 11) is 0. The monoisotopic (exact) mass is 276 g/mol. The first-order valence-corrected chi connectivity index (χ1v) is 6.68. The number of nitrogens with one attached hydrogen (secondary N) is 3. The Bertz CT molecular complexity index is 516. The van der Waals surface area contributed by atoms with Gasteiger partial charge in [0.05, 0.1) is 11.4 Å². The zero-order valence-corrected chi connectivity index (χ0v) is 11.6. The smallest absolute Gasteiger partial charge is 0.244 e. The van der Waals surface area contributed by atoms with Gasteiger partial charge < -0.3 is 21.7 Å². The minimum absolute atomic E-state index is 0.0414. The van der Waals surface area contributed by atoms with E-state index in [0.29, 0.717) is 6.54 Å². The number of para-hydroxylation sites is 2. The van der Waals surface area contributed by atoms with Crippen LogP contribution in [0.5, 0.6) is 0 Å². The van der Waals surface area contributed by atoms with Crippen LogP contribution in [0.15, 0.2) is 24.3 Å². The van der Waals surface area contributed by atoms with Gasteiger partial charge >= 0.3 is 0 Å². The fraction of sp³-hybridized carbons (Fsp3) is 0.429. The fourth-order valence-electron chi connectivity index (χ4n) is 2.19. The highest BCUT2D eigenvalue weighted by atomic mass is 16.2. The molecule has 0 aliphatic carbocycles. The van der Waals surface area contributed by atoms with Crippen LogP contribution in [-0.4, -0.2) is 30.4 Å². The van der Waals surface area contributed by atoms with Gasteiger partial charge in [-0.15, -0.1) is 0 Å². The van der Waals surface area contributed by atoms with Gasteiger partial charge in [0, 0.05) is 6.54 Å². The fourth-order valence-corrected chi connectivity index (χ4v) is 2.19. The molecule has 1 aliphatic heterocycles. The normalized spacial score (nSPS) is 18.4. The molecule has 2 amide bonds. The highest BCUT2D eigenvalue weighted by molar-refractivity contribution is 5.92. The van der Waals surface area contributed by atoms with E-state index in [9.17, 15) is 9.59 Å². The number of fused-ring (bicyclic) bond motifs is 1. The number of rotatable bonds is 4. The summed E-state index contributed by atoms with van der Waals surface area (Å²) in [5.41, 5.74) is 7.14. The lowest BCUT2D eigenvalue weighted by Crippen LogP contribution is -2.54. The average Bonchev–Trinajstić information content (AvgIpc) is 2.43. The molecule has 1 aromatic carbocycles. The molecule has 0 saturated carbocycles.